The van der Waals surface area contributed by atoms with Crippen molar-refractivity contribution in [2.75, 3.05) is 0 Å². The highest BCUT2D eigenvalue weighted by atomic mass is 16.5. The van der Waals surface area contributed by atoms with E-state index in [1.54, 1.807) is 11.1 Å². The van der Waals surface area contributed by atoms with Crippen molar-refractivity contribution in [2.24, 2.45) is 46.3 Å². The van der Waals surface area contributed by atoms with Gasteiger partial charge in [-0.2, -0.15) is 0 Å². The molecule has 4 aliphatic rings. The van der Waals surface area contributed by atoms with Gasteiger partial charge in [0.15, 0.2) is 0 Å². The van der Waals surface area contributed by atoms with Gasteiger partial charge >= 0.3 is 5.97 Å². The summed E-state index contributed by atoms with van der Waals surface area (Å²) in [7, 11) is 0. The number of hydrogen-bond donors (Lipinski definition) is 1. The minimum Gasteiger partial charge on any atom is -0.463 e. The molecule has 0 spiro atoms. The molecule has 4 rings (SSSR count). The van der Waals surface area contributed by atoms with Crippen molar-refractivity contribution in [3.8, 4) is 0 Å². The van der Waals surface area contributed by atoms with E-state index in [4.69, 9.17) is 4.74 Å². The lowest BCUT2D eigenvalue weighted by atomic mass is 9.48. The summed E-state index contributed by atoms with van der Waals surface area (Å²) in [6.45, 7) is 16.1. The minimum atomic E-state index is -0.228. The standard InChI is InChI=1S/C30H50O3/c1-18(2)19(3)8-9-20(4)25-12-13-26-24-11-10-22-16-23(33-21(5)31)14-15-29(22,6)28(24)27(32)17-30(25,26)7/h18-20,22-23,25,27-28,32H,8-17H2,1-7H3. The Morgan fingerprint density at radius 2 is 1.82 bits per heavy atom. The molecule has 0 saturated heterocycles. The summed E-state index contributed by atoms with van der Waals surface area (Å²) < 4.78 is 5.61. The largest absolute Gasteiger partial charge is 0.463 e. The number of hydrogen-bond acceptors (Lipinski definition) is 3. The quantitative estimate of drug-likeness (QED) is 0.335. The second-order valence-electron chi connectivity index (χ2n) is 13.3. The van der Waals surface area contributed by atoms with Crippen LogP contribution in [0, 0.1) is 46.3 Å². The lowest BCUT2D eigenvalue weighted by Crippen LogP contribution is -2.53. The molecule has 4 aliphatic carbocycles. The average Bonchev–Trinajstić information content (AvgIpc) is 3.07. The van der Waals surface area contributed by atoms with Crippen LogP contribution in [0.3, 0.4) is 0 Å². The number of aliphatic hydroxyl groups is 1. The molecule has 1 N–H and O–H groups in total. The number of allylic oxidation sites excluding steroid dienone is 1. The summed E-state index contributed by atoms with van der Waals surface area (Å²) in [6.07, 6.45) is 11.3. The van der Waals surface area contributed by atoms with Gasteiger partial charge in [0.2, 0.25) is 0 Å². The van der Waals surface area contributed by atoms with E-state index in [0.717, 1.165) is 49.9 Å². The van der Waals surface area contributed by atoms with Gasteiger partial charge in [-0.3, -0.25) is 4.79 Å². The van der Waals surface area contributed by atoms with Gasteiger partial charge in [0.1, 0.15) is 6.10 Å². The van der Waals surface area contributed by atoms with Crippen LogP contribution in [-0.2, 0) is 9.53 Å². The first-order valence-electron chi connectivity index (χ1n) is 14.0. The molecular weight excluding hydrogens is 408 g/mol. The van der Waals surface area contributed by atoms with Gasteiger partial charge in [0.05, 0.1) is 6.10 Å². The number of rotatable bonds is 6. The Kier molecular flexibility index (Phi) is 7.14. The summed E-state index contributed by atoms with van der Waals surface area (Å²) in [4.78, 5) is 11.5. The third-order valence-electron chi connectivity index (χ3n) is 11.2. The second-order valence-corrected chi connectivity index (χ2v) is 13.3. The molecule has 0 bridgehead atoms. The summed E-state index contributed by atoms with van der Waals surface area (Å²) in [5.41, 5.74) is 3.72. The maximum Gasteiger partial charge on any atom is 0.302 e. The fraction of sp³-hybridized carbons (Fsp3) is 0.900. The van der Waals surface area contributed by atoms with E-state index in [2.05, 4.69) is 41.5 Å². The number of carbonyl (C=O) groups excluding carboxylic acids is 1. The molecule has 188 valence electrons. The van der Waals surface area contributed by atoms with Crippen LogP contribution in [-0.4, -0.2) is 23.3 Å². The Morgan fingerprint density at radius 1 is 1.09 bits per heavy atom. The smallest absolute Gasteiger partial charge is 0.302 e. The van der Waals surface area contributed by atoms with Gasteiger partial charge in [-0.15, -0.1) is 0 Å². The number of aliphatic hydroxyl groups excluding tert-OH is 1. The number of fused-ring (bicyclic) bond motifs is 4. The molecule has 3 nitrogen and oxygen atoms in total. The monoisotopic (exact) mass is 458 g/mol. The van der Waals surface area contributed by atoms with E-state index in [-0.39, 0.29) is 29.0 Å². The molecule has 0 aromatic carbocycles. The molecule has 0 aromatic rings. The van der Waals surface area contributed by atoms with Crippen molar-refractivity contribution in [1.82, 2.24) is 0 Å². The predicted octanol–water partition coefficient (Wildman–Crippen LogP) is 7.32. The van der Waals surface area contributed by atoms with Gasteiger partial charge in [0, 0.05) is 12.8 Å². The molecule has 0 radical (unpaired) electrons. The summed E-state index contributed by atoms with van der Waals surface area (Å²) in [5.74, 6) is 3.70. The van der Waals surface area contributed by atoms with Crippen molar-refractivity contribution < 1.29 is 14.6 Å². The predicted molar refractivity (Wildman–Crippen MR) is 135 cm³/mol. The lowest BCUT2D eigenvalue weighted by molar-refractivity contribution is -0.154. The van der Waals surface area contributed by atoms with Gasteiger partial charge in [-0.25, -0.2) is 0 Å². The van der Waals surface area contributed by atoms with E-state index in [1.165, 1.54) is 39.0 Å². The Hall–Kier alpha value is -0.830. The topological polar surface area (TPSA) is 46.5 Å². The highest BCUT2D eigenvalue weighted by Gasteiger charge is 2.58. The van der Waals surface area contributed by atoms with Gasteiger partial charge in [-0.05, 0) is 91.8 Å². The molecule has 33 heavy (non-hydrogen) atoms. The SMILES string of the molecule is CC(=O)OC1CCC2(C)C(CCC3=C4CCC(C(C)CCC(C)C(C)C)C4(C)CC(O)C32)C1. The van der Waals surface area contributed by atoms with Crippen LogP contribution in [0.5, 0.6) is 0 Å². The van der Waals surface area contributed by atoms with Crippen molar-refractivity contribution in [3.63, 3.8) is 0 Å². The zero-order chi connectivity index (χ0) is 24.1. The zero-order valence-corrected chi connectivity index (χ0v) is 22.5. The molecule has 0 aromatic heterocycles. The third kappa shape index (κ3) is 4.45. The van der Waals surface area contributed by atoms with Crippen LogP contribution in [0.4, 0.5) is 0 Å². The van der Waals surface area contributed by atoms with E-state index in [9.17, 15) is 9.90 Å². The molecule has 0 heterocycles. The third-order valence-corrected chi connectivity index (χ3v) is 11.2. The Balaban J connectivity index is 1.54. The van der Waals surface area contributed by atoms with Crippen LogP contribution < -0.4 is 0 Å². The van der Waals surface area contributed by atoms with Crippen molar-refractivity contribution in [1.29, 1.82) is 0 Å². The summed E-state index contributed by atoms with van der Waals surface area (Å²) in [6, 6.07) is 0. The van der Waals surface area contributed by atoms with Gasteiger partial charge < -0.3 is 9.84 Å². The van der Waals surface area contributed by atoms with Crippen LogP contribution >= 0.6 is 0 Å². The van der Waals surface area contributed by atoms with Crippen LogP contribution in [0.25, 0.3) is 0 Å². The molecule has 9 unspecified atom stereocenters. The first-order valence-corrected chi connectivity index (χ1v) is 14.0. The van der Waals surface area contributed by atoms with E-state index >= 15 is 0 Å². The molecular formula is C30H50O3. The highest BCUT2D eigenvalue weighted by Crippen LogP contribution is 2.66. The highest BCUT2D eigenvalue weighted by molar-refractivity contribution is 5.66. The van der Waals surface area contributed by atoms with E-state index in [0.29, 0.717) is 17.8 Å². The number of ether oxygens (including phenoxy) is 1. The van der Waals surface area contributed by atoms with Gasteiger partial charge in [0.25, 0.3) is 0 Å². The molecule has 0 aliphatic heterocycles. The fourth-order valence-electron chi connectivity index (χ4n) is 8.93. The summed E-state index contributed by atoms with van der Waals surface area (Å²) >= 11 is 0. The molecule has 0 amide bonds. The Labute approximate surface area is 203 Å². The first kappa shape index (κ1) is 25.3. The molecule has 9 atom stereocenters. The molecule has 3 fully saturated rings. The lowest BCUT2D eigenvalue weighted by Gasteiger charge is -2.58. The second kappa shape index (κ2) is 9.32. The van der Waals surface area contributed by atoms with Crippen LogP contribution in [0.15, 0.2) is 11.1 Å². The molecule has 3 saturated carbocycles. The van der Waals surface area contributed by atoms with Gasteiger partial charge in [-0.1, -0.05) is 65.5 Å². The van der Waals surface area contributed by atoms with Crippen LogP contribution in [0.1, 0.15) is 113 Å². The zero-order valence-electron chi connectivity index (χ0n) is 22.5. The van der Waals surface area contributed by atoms with Crippen molar-refractivity contribution in [2.45, 2.75) is 125 Å². The van der Waals surface area contributed by atoms with Crippen molar-refractivity contribution >= 4 is 5.97 Å². The normalized spacial score (nSPS) is 42.4. The van der Waals surface area contributed by atoms with Crippen LogP contribution in [0.2, 0.25) is 0 Å². The first-order chi connectivity index (χ1) is 15.5. The average molecular weight is 459 g/mol. The summed E-state index contributed by atoms with van der Waals surface area (Å²) in [5, 5.41) is 11.7. The number of carbonyl (C=O) groups is 1. The van der Waals surface area contributed by atoms with E-state index in [1.807, 2.05) is 0 Å². The maximum atomic E-state index is 11.7. The Bertz CT molecular complexity index is 769. The number of esters is 1. The minimum absolute atomic E-state index is 0.0747. The Morgan fingerprint density at radius 3 is 2.48 bits per heavy atom. The maximum absolute atomic E-state index is 11.7. The molecule has 3 heteroatoms. The van der Waals surface area contributed by atoms with Crippen molar-refractivity contribution in [3.05, 3.63) is 11.1 Å². The fourth-order valence-corrected chi connectivity index (χ4v) is 8.93. The van der Waals surface area contributed by atoms with E-state index < -0.39 is 0 Å².